The van der Waals surface area contributed by atoms with Gasteiger partial charge < -0.3 is 9.80 Å². The van der Waals surface area contributed by atoms with E-state index in [0.717, 1.165) is 42.3 Å². The highest BCUT2D eigenvalue weighted by molar-refractivity contribution is 6.17. The number of anilines is 1. The zero-order valence-electron chi connectivity index (χ0n) is 12.3. The molecule has 4 nitrogen and oxygen atoms in total. The fourth-order valence-electron chi connectivity index (χ4n) is 3.60. The van der Waals surface area contributed by atoms with Crippen LogP contribution in [0, 0.1) is 12.8 Å². The predicted octanol–water partition coefficient (Wildman–Crippen LogP) is 2.44. The quantitative estimate of drug-likeness (QED) is 0.784. The van der Waals surface area contributed by atoms with E-state index in [1.165, 1.54) is 25.8 Å². The molecule has 20 heavy (non-hydrogen) atoms. The number of aromatic nitrogens is 2. The molecule has 0 N–H and O–H groups in total. The van der Waals surface area contributed by atoms with Gasteiger partial charge in [-0.05, 0) is 45.7 Å². The van der Waals surface area contributed by atoms with Crippen LogP contribution in [0.2, 0.25) is 0 Å². The van der Waals surface area contributed by atoms with Crippen LogP contribution in [-0.4, -0.2) is 47.6 Å². The van der Waals surface area contributed by atoms with Crippen LogP contribution in [0.1, 0.15) is 30.5 Å². The Balaban J connectivity index is 1.74. The maximum absolute atomic E-state index is 5.88. The Morgan fingerprint density at radius 2 is 2.20 bits per heavy atom. The molecule has 0 spiro atoms. The number of hydrogen-bond acceptors (Lipinski definition) is 4. The molecule has 0 bridgehead atoms. The van der Waals surface area contributed by atoms with E-state index in [1.807, 2.05) is 13.1 Å². The van der Waals surface area contributed by atoms with Crippen LogP contribution in [0.15, 0.2) is 6.20 Å². The molecule has 2 saturated heterocycles. The summed E-state index contributed by atoms with van der Waals surface area (Å²) in [7, 11) is 2.27. The Bertz CT molecular complexity index is 479. The first-order valence-corrected chi connectivity index (χ1v) is 8.06. The summed E-state index contributed by atoms with van der Waals surface area (Å²) < 4.78 is 0. The van der Waals surface area contributed by atoms with E-state index in [4.69, 9.17) is 11.6 Å². The van der Waals surface area contributed by atoms with E-state index < -0.39 is 0 Å². The Morgan fingerprint density at radius 1 is 1.35 bits per heavy atom. The Morgan fingerprint density at radius 3 is 2.95 bits per heavy atom. The van der Waals surface area contributed by atoms with E-state index in [9.17, 15) is 0 Å². The molecule has 2 aliphatic rings. The smallest absolute Gasteiger partial charge is 0.225 e. The third-order valence-corrected chi connectivity index (χ3v) is 5.13. The summed E-state index contributed by atoms with van der Waals surface area (Å²) in [4.78, 5) is 14.0. The SMILES string of the molecule is Cc1nc(N2CCC3C(CCCN3C)C2)ncc1CCl. The van der Waals surface area contributed by atoms with Crippen molar-refractivity contribution in [1.82, 2.24) is 14.9 Å². The largest absolute Gasteiger partial charge is 0.340 e. The lowest BCUT2D eigenvalue weighted by molar-refractivity contribution is 0.102. The highest BCUT2D eigenvalue weighted by atomic mass is 35.5. The van der Waals surface area contributed by atoms with Gasteiger partial charge in [0, 0.05) is 36.6 Å². The molecule has 1 aromatic rings. The summed E-state index contributed by atoms with van der Waals surface area (Å²) in [5.74, 6) is 2.13. The maximum atomic E-state index is 5.88. The number of likely N-dealkylation sites (tertiary alicyclic amines) is 1. The molecule has 0 amide bonds. The van der Waals surface area contributed by atoms with Gasteiger partial charge >= 0.3 is 0 Å². The summed E-state index contributed by atoms with van der Waals surface area (Å²) in [5.41, 5.74) is 2.04. The summed E-state index contributed by atoms with van der Waals surface area (Å²) >= 11 is 5.88. The molecule has 0 saturated carbocycles. The molecule has 0 aromatic carbocycles. The summed E-state index contributed by atoms with van der Waals surface area (Å²) in [5, 5.41) is 0. The van der Waals surface area contributed by atoms with E-state index >= 15 is 0 Å². The number of aryl methyl sites for hydroxylation is 1. The van der Waals surface area contributed by atoms with Gasteiger partial charge in [-0.1, -0.05) is 0 Å². The molecule has 0 radical (unpaired) electrons. The first kappa shape index (κ1) is 14.1. The minimum Gasteiger partial charge on any atom is -0.340 e. The standard InChI is InChI=1S/C15H23ClN4/c1-11-13(8-16)9-17-15(18-11)20-7-5-14-12(10-20)4-3-6-19(14)2/h9,12,14H,3-8,10H2,1-2H3. The van der Waals surface area contributed by atoms with Crippen molar-refractivity contribution in [2.24, 2.45) is 5.92 Å². The molecule has 1 aromatic heterocycles. The molecule has 2 atom stereocenters. The third kappa shape index (κ3) is 2.63. The highest BCUT2D eigenvalue weighted by Crippen LogP contribution is 2.31. The number of fused-ring (bicyclic) bond motifs is 1. The molecule has 2 unspecified atom stereocenters. The van der Waals surface area contributed by atoms with Gasteiger partial charge in [-0.3, -0.25) is 0 Å². The molecule has 2 fully saturated rings. The Hall–Kier alpha value is -0.870. The van der Waals surface area contributed by atoms with Crippen molar-refractivity contribution < 1.29 is 0 Å². The van der Waals surface area contributed by atoms with Gasteiger partial charge in [0.25, 0.3) is 0 Å². The normalized spacial score (nSPS) is 27.4. The average molecular weight is 295 g/mol. The zero-order valence-corrected chi connectivity index (χ0v) is 13.1. The van der Waals surface area contributed by atoms with Gasteiger partial charge in [0.05, 0.1) is 5.88 Å². The first-order valence-electron chi connectivity index (χ1n) is 7.52. The number of halogens is 1. The number of alkyl halides is 1. The third-order valence-electron chi connectivity index (χ3n) is 4.84. The fraction of sp³-hybridized carbons (Fsp3) is 0.733. The lowest BCUT2D eigenvalue weighted by Crippen LogP contribution is -2.53. The van der Waals surface area contributed by atoms with Crippen molar-refractivity contribution in [2.75, 3.05) is 31.6 Å². The second-order valence-electron chi connectivity index (χ2n) is 6.10. The van der Waals surface area contributed by atoms with Crippen LogP contribution in [0.3, 0.4) is 0 Å². The molecule has 5 heteroatoms. The number of nitrogens with zero attached hydrogens (tertiary/aromatic N) is 4. The van der Waals surface area contributed by atoms with Crippen LogP contribution >= 0.6 is 11.6 Å². The first-order chi connectivity index (χ1) is 9.69. The molecule has 3 rings (SSSR count). The molecular weight excluding hydrogens is 272 g/mol. The molecule has 110 valence electrons. The van der Waals surface area contributed by atoms with Crippen molar-refractivity contribution in [3.05, 3.63) is 17.5 Å². The number of rotatable bonds is 2. The summed E-state index contributed by atoms with van der Waals surface area (Å²) in [6, 6.07) is 0.753. The lowest BCUT2D eigenvalue weighted by atomic mass is 9.84. The van der Waals surface area contributed by atoms with Gasteiger partial charge in [0.15, 0.2) is 0 Å². The van der Waals surface area contributed by atoms with Gasteiger partial charge in [-0.25, -0.2) is 9.97 Å². The number of piperidine rings is 2. The van der Waals surface area contributed by atoms with Crippen molar-refractivity contribution in [1.29, 1.82) is 0 Å². The van der Waals surface area contributed by atoms with Crippen molar-refractivity contribution >= 4 is 17.5 Å². The van der Waals surface area contributed by atoms with Crippen LogP contribution in [0.25, 0.3) is 0 Å². The topological polar surface area (TPSA) is 32.3 Å². The predicted molar refractivity (Wildman–Crippen MR) is 82.3 cm³/mol. The van der Waals surface area contributed by atoms with Gasteiger partial charge in [-0.2, -0.15) is 0 Å². The molecule has 3 heterocycles. The van der Waals surface area contributed by atoms with Gasteiger partial charge in [0.1, 0.15) is 0 Å². The Kier molecular flexibility index (Phi) is 4.13. The van der Waals surface area contributed by atoms with Crippen molar-refractivity contribution in [3.63, 3.8) is 0 Å². The van der Waals surface area contributed by atoms with E-state index in [-0.39, 0.29) is 0 Å². The maximum Gasteiger partial charge on any atom is 0.225 e. The summed E-state index contributed by atoms with van der Waals surface area (Å²) in [6.45, 7) is 5.42. The second-order valence-corrected chi connectivity index (χ2v) is 6.37. The lowest BCUT2D eigenvalue weighted by Gasteiger charge is -2.46. The van der Waals surface area contributed by atoms with Gasteiger partial charge in [-0.15, -0.1) is 11.6 Å². The Labute approximate surface area is 126 Å². The summed E-state index contributed by atoms with van der Waals surface area (Å²) in [6.07, 6.45) is 5.76. The molecule has 2 aliphatic heterocycles. The highest BCUT2D eigenvalue weighted by Gasteiger charge is 2.34. The van der Waals surface area contributed by atoms with Crippen molar-refractivity contribution in [3.8, 4) is 0 Å². The second kappa shape index (κ2) is 5.86. The average Bonchev–Trinajstić information content (AvgIpc) is 2.47. The monoisotopic (exact) mass is 294 g/mol. The van der Waals surface area contributed by atoms with Crippen LogP contribution < -0.4 is 4.90 Å². The minimum absolute atomic E-state index is 0.488. The number of hydrogen-bond donors (Lipinski definition) is 0. The van der Waals surface area contributed by atoms with Crippen LogP contribution in [0.5, 0.6) is 0 Å². The van der Waals surface area contributed by atoms with E-state index in [1.54, 1.807) is 0 Å². The van der Waals surface area contributed by atoms with Crippen LogP contribution in [0.4, 0.5) is 5.95 Å². The van der Waals surface area contributed by atoms with Crippen molar-refractivity contribution in [2.45, 2.75) is 38.1 Å². The zero-order chi connectivity index (χ0) is 14.1. The van der Waals surface area contributed by atoms with Crippen LogP contribution in [-0.2, 0) is 5.88 Å². The van der Waals surface area contributed by atoms with E-state index in [2.05, 4.69) is 26.8 Å². The minimum atomic E-state index is 0.488. The molecule has 0 aliphatic carbocycles. The van der Waals surface area contributed by atoms with Gasteiger partial charge in [0.2, 0.25) is 5.95 Å². The fourth-order valence-corrected chi connectivity index (χ4v) is 3.86. The molecular formula is C15H23ClN4. The van der Waals surface area contributed by atoms with E-state index in [0.29, 0.717) is 5.88 Å².